The molecular formula is C18H22N4O3S. The molecule has 0 radical (unpaired) electrons. The molecule has 0 spiro atoms. The van der Waals surface area contributed by atoms with E-state index in [9.17, 15) is 10.1 Å². The lowest BCUT2D eigenvalue weighted by atomic mass is 9.90. The first kappa shape index (κ1) is 19.8. The van der Waals surface area contributed by atoms with E-state index in [2.05, 4.69) is 21.6 Å². The van der Waals surface area contributed by atoms with Gasteiger partial charge in [-0.2, -0.15) is 5.26 Å². The predicted molar refractivity (Wildman–Crippen MR) is 97.8 cm³/mol. The molecule has 1 unspecified atom stereocenters. The van der Waals surface area contributed by atoms with Crippen molar-refractivity contribution < 1.29 is 13.9 Å². The Hall–Kier alpha value is -2.53. The van der Waals surface area contributed by atoms with Gasteiger partial charge in [0.15, 0.2) is 0 Å². The molecule has 1 atom stereocenters. The highest BCUT2D eigenvalue weighted by atomic mass is 32.2. The molecule has 0 fully saturated rings. The van der Waals surface area contributed by atoms with Crippen LogP contribution in [0.15, 0.2) is 33.9 Å². The number of carbonyl (C=O) groups excluding carboxylic acids is 1. The van der Waals surface area contributed by atoms with Crippen molar-refractivity contribution >= 4 is 17.7 Å². The fraction of sp³-hybridized carbons (Fsp3) is 0.444. The van der Waals surface area contributed by atoms with Gasteiger partial charge in [0, 0.05) is 0 Å². The van der Waals surface area contributed by atoms with Crippen LogP contribution in [-0.4, -0.2) is 34.5 Å². The Bertz CT molecular complexity index is 782. The van der Waals surface area contributed by atoms with Crippen molar-refractivity contribution in [1.82, 2.24) is 15.5 Å². The average molecular weight is 374 g/mol. The van der Waals surface area contributed by atoms with Crippen LogP contribution in [-0.2, 0) is 11.2 Å². The minimum atomic E-state index is -0.897. The van der Waals surface area contributed by atoms with Crippen LogP contribution in [0.2, 0.25) is 0 Å². The summed E-state index contributed by atoms with van der Waals surface area (Å²) in [5.41, 5.74) is 0.122. The third kappa shape index (κ3) is 5.23. The Kier molecular flexibility index (Phi) is 6.64. The minimum Gasteiger partial charge on any atom is -0.497 e. The highest BCUT2D eigenvalue weighted by Crippen LogP contribution is 2.20. The van der Waals surface area contributed by atoms with E-state index in [1.165, 1.54) is 0 Å². The van der Waals surface area contributed by atoms with Crippen molar-refractivity contribution in [1.29, 1.82) is 5.26 Å². The van der Waals surface area contributed by atoms with Gasteiger partial charge in [-0.05, 0) is 30.5 Å². The van der Waals surface area contributed by atoms with Crippen molar-refractivity contribution in [2.45, 2.75) is 38.0 Å². The number of hydrogen-bond donors (Lipinski definition) is 1. The van der Waals surface area contributed by atoms with Gasteiger partial charge in [-0.3, -0.25) is 4.79 Å². The summed E-state index contributed by atoms with van der Waals surface area (Å²) in [7, 11) is 1.62. The molecule has 8 heteroatoms. The van der Waals surface area contributed by atoms with Crippen LogP contribution in [0.3, 0.4) is 0 Å². The van der Waals surface area contributed by atoms with E-state index < -0.39 is 5.54 Å². The number of rotatable bonds is 8. The first-order valence-corrected chi connectivity index (χ1v) is 9.15. The highest BCUT2D eigenvalue weighted by molar-refractivity contribution is 7.99. The fourth-order valence-electron chi connectivity index (χ4n) is 2.04. The molecule has 1 aromatic heterocycles. The number of hydrogen-bond acceptors (Lipinski definition) is 7. The van der Waals surface area contributed by atoms with Crippen LogP contribution in [0, 0.1) is 17.2 Å². The average Bonchev–Trinajstić information content (AvgIpc) is 3.07. The number of amides is 1. The van der Waals surface area contributed by atoms with Crippen LogP contribution in [0.4, 0.5) is 0 Å². The second-order valence-corrected chi connectivity index (χ2v) is 7.22. The zero-order chi connectivity index (χ0) is 19.2. The maximum absolute atomic E-state index is 12.1. The number of carbonyl (C=O) groups is 1. The van der Waals surface area contributed by atoms with E-state index in [1.54, 1.807) is 14.0 Å². The van der Waals surface area contributed by atoms with Crippen LogP contribution in [0.5, 0.6) is 5.75 Å². The normalized spacial score (nSPS) is 13.1. The van der Waals surface area contributed by atoms with Gasteiger partial charge < -0.3 is 14.5 Å². The number of aromatic nitrogens is 2. The summed E-state index contributed by atoms with van der Waals surface area (Å²) in [6.45, 7) is 5.49. The van der Waals surface area contributed by atoms with E-state index in [-0.39, 0.29) is 17.6 Å². The number of methoxy groups -OCH3 is 1. The predicted octanol–water partition coefficient (Wildman–Crippen LogP) is 2.82. The van der Waals surface area contributed by atoms with Crippen molar-refractivity contribution in [2.75, 3.05) is 12.9 Å². The quantitative estimate of drug-likeness (QED) is 0.709. The molecule has 1 heterocycles. The van der Waals surface area contributed by atoms with Crippen LogP contribution in [0.1, 0.15) is 32.2 Å². The van der Waals surface area contributed by atoms with Gasteiger partial charge in [0.05, 0.1) is 25.4 Å². The Balaban J connectivity index is 1.88. The number of nitriles is 1. The maximum atomic E-state index is 12.1. The molecule has 2 rings (SSSR count). The molecule has 7 nitrogen and oxygen atoms in total. The number of nitrogens with one attached hydrogen (secondary N) is 1. The Morgan fingerprint density at radius 2 is 2.08 bits per heavy atom. The van der Waals surface area contributed by atoms with Crippen molar-refractivity contribution in [3.8, 4) is 11.8 Å². The van der Waals surface area contributed by atoms with Gasteiger partial charge in [-0.25, -0.2) is 0 Å². The molecule has 0 saturated heterocycles. The summed E-state index contributed by atoms with van der Waals surface area (Å²) >= 11 is 1.15. The summed E-state index contributed by atoms with van der Waals surface area (Å²) < 4.78 is 10.7. The molecular weight excluding hydrogens is 352 g/mol. The minimum absolute atomic E-state index is 0.000883. The van der Waals surface area contributed by atoms with Gasteiger partial charge in [0.25, 0.3) is 5.22 Å². The van der Waals surface area contributed by atoms with E-state index in [1.807, 2.05) is 38.1 Å². The number of nitrogens with zero attached hydrogens (tertiary/aromatic N) is 3. The Labute approximate surface area is 157 Å². The highest BCUT2D eigenvalue weighted by Gasteiger charge is 2.30. The summed E-state index contributed by atoms with van der Waals surface area (Å²) in [5.74, 6) is 1.12. The van der Waals surface area contributed by atoms with Crippen LogP contribution in [0.25, 0.3) is 0 Å². The standard InChI is InChI=1S/C18H22N4O3S/c1-12(2)18(3,11-19)20-15(23)10-26-17-22-21-16(25-17)9-13-5-7-14(24-4)8-6-13/h5-8,12H,9-10H2,1-4H3,(H,20,23). The fourth-order valence-corrected chi connectivity index (χ4v) is 2.62. The molecule has 138 valence electrons. The van der Waals surface area contributed by atoms with Crippen molar-refractivity contribution in [2.24, 2.45) is 5.92 Å². The van der Waals surface area contributed by atoms with Gasteiger partial charge >= 0.3 is 0 Å². The first-order valence-electron chi connectivity index (χ1n) is 8.16. The second kappa shape index (κ2) is 8.72. The van der Waals surface area contributed by atoms with Crippen molar-refractivity contribution in [3.63, 3.8) is 0 Å². The van der Waals surface area contributed by atoms with E-state index in [4.69, 9.17) is 9.15 Å². The first-order chi connectivity index (χ1) is 12.4. The summed E-state index contributed by atoms with van der Waals surface area (Å²) in [5, 5.41) is 20.3. The molecule has 1 N–H and O–H groups in total. The monoisotopic (exact) mass is 374 g/mol. The van der Waals surface area contributed by atoms with Crippen molar-refractivity contribution in [3.05, 3.63) is 35.7 Å². The van der Waals surface area contributed by atoms with E-state index >= 15 is 0 Å². The lowest BCUT2D eigenvalue weighted by molar-refractivity contribution is -0.120. The lowest BCUT2D eigenvalue weighted by Gasteiger charge is -2.27. The van der Waals surface area contributed by atoms with Gasteiger partial charge in [0.1, 0.15) is 11.3 Å². The van der Waals surface area contributed by atoms with Gasteiger partial charge in [0.2, 0.25) is 11.8 Å². The van der Waals surface area contributed by atoms with Gasteiger partial charge in [-0.15, -0.1) is 10.2 Å². The summed E-state index contributed by atoms with van der Waals surface area (Å²) in [6.07, 6.45) is 0.504. The van der Waals surface area contributed by atoms with Gasteiger partial charge in [-0.1, -0.05) is 37.7 Å². The zero-order valence-corrected chi connectivity index (χ0v) is 16.1. The molecule has 0 aliphatic heterocycles. The van der Waals surface area contributed by atoms with Crippen LogP contribution < -0.4 is 10.1 Å². The lowest BCUT2D eigenvalue weighted by Crippen LogP contribution is -2.49. The SMILES string of the molecule is COc1ccc(Cc2nnc(SCC(=O)NC(C)(C#N)C(C)C)o2)cc1. The second-order valence-electron chi connectivity index (χ2n) is 6.29. The van der Waals surface area contributed by atoms with E-state index in [0.717, 1.165) is 23.1 Å². The number of ether oxygens (including phenoxy) is 1. The summed E-state index contributed by atoms with van der Waals surface area (Å²) in [4.78, 5) is 12.1. The smallest absolute Gasteiger partial charge is 0.277 e. The largest absolute Gasteiger partial charge is 0.497 e. The Morgan fingerprint density at radius 3 is 2.65 bits per heavy atom. The maximum Gasteiger partial charge on any atom is 0.277 e. The molecule has 0 aliphatic carbocycles. The molecule has 0 saturated carbocycles. The third-order valence-corrected chi connectivity index (χ3v) is 4.89. The van der Waals surface area contributed by atoms with Crippen LogP contribution >= 0.6 is 11.8 Å². The molecule has 2 aromatic rings. The van der Waals surface area contributed by atoms with E-state index in [0.29, 0.717) is 17.5 Å². The Morgan fingerprint density at radius 1 is 1.38 bits per heavy atom. The molecule has 1 amide bonds. The number of benzene rings is 1. The number of thioether (sulfide) groups is 1. The topological polar surface area (TPSA) is 101 Å². The zero-order valence-electron chi connectivity index (χ0n) is 15.3. The molecule has 0 bridgehead atoms. The summed E-state index contributed by atoms with van der Waals surface area (Å²) in [6, 6.07) is 9.74. The molecule has 1 aromatic carbocycles. The third-order valence-electron chi connectivity index (χ3n) is 4.08. The molecule has 26 heavy (non-hydrogen) atoms. The molecule has 0 aliphatic rings.